The average Bonchev–Trinajstić information content (AvgIpc) is 3.12. The van der Waals surface area contributed by atoms with Crippen molar-refractivity contribution in [3.8, 4) is 0 Å². The average molecular weight is 342 g/mol. The fourth-order valence-electron chi connectivity index (χ4n) is 3.13. The van der Waals surface area contributed by atoms with E-state index in [0.717, 1.165) is 38.5 Å². The molecule has 0 N–H and O–H groups in total. The number of carbonyl (C=O) groups is 2. The summed E-state index contributed by atoms with van der Waals surface area (Å²) < 4.78 is 22.3. The second-order valence-electron chi connectivity index (χ2n) is 6.57. The molecule has 6 heteroatoms. The maximum absolute atomic E-state index is 11.8. The van der Waals surface area contributed by atoms with Gasteiger partial charge in [-0.25, -0.2) is 0 Å². The van der Waals surface area contributed by atoms with Crippen LogP contribution in [0.3, 0.4) is 0 Å². The van der Waals surface area contributed by atoms with E-state index in [-0.39, 0.29) is 24.1 Å². The van der Waals surface area contributed by atoms with Crippen molar-refractivity contribution in [3.63, 3.8) is 0 Å². The van der Waals surface area contributed by atoms with Crippen LogP contribution in [0.4, 0.5) is 0 Å². The van der Waals surface area contributed by atoms with Crippen molar-refractivity contribution in [2.24, 2.45) is 0 Å². The van der Waals surface area contributed by atoms with Gasteiger partial charge in [-0.15, -0.1) is 0 Å². The second-order valence-corrected chi connectivity index (χ2v) is 6.57. The van der Waals surface area contributed by atoms with Crippen LogP contribution in [-0.4, -0.2) is 49.6 Å². The van der Waals surface area contributed by atoms with Crippen LogP contribution < -0.4 is 0 Å². The summed E-state index contributed by atoms with van der Waals surface area (Å²) in [6.07, 6.45) is 5.28. The minimum absolute atomic E-state index is 0.207. The van der Waals surface area contributed by atoms with Gasteiger partial charge < -0.3 is 18.9 Å². The molecule has 0 aromatic rings. The molecule has 0 radical (unpaired) electrons. The first-order valence-electron chi connectivity index (χ1n) is 9.27. The molecule has 0 bridgehead atoms. The highest BCUT2D eigenvalue weighted by molar-refractivity contribution is 5.70. The zero-order valence-electron chi connectivity index (χ0n) is 14.8. The van der Waals surface area contributed by atoms with Gasteiger partial charge in [0.15, 0.2) is 12.2 Å². The summed E-state index contributed by atoms with van der Waals surface area (Å²) in [6.45, 7) is 4.80. The molecule has 2 saturated heterocycles. The summed E-state index contributed by atoms with van der Waals surface area (Å²) >= 11 is 0. The number of fused-ring (bicyclic) bond motifs is 1. The molecule has 0 aromatic heterocycles. The molecule has 24 heavy (non-hydrogen) atoms. The molecular formula is C18H30O6. The predicted octanol–water partition coefficient (Wildman–Crippen LogP) is 2.77. The molecule has 0 aromatic carbocycles. The normalized spacial score (nSPS) is 28.6. The first kappa shape index (κ1) is 19.2. The number of carbonyl (C=O) groups excluding carboxylic acids is 2. The van der Waals surface area contributed by atoms with Gasteiger partial charge in [-0.1, -0.05) is 39.5 Å². The third-order valence-corrected chi connectivity index (χ3v) is 4.50. The summed E-state index contributed by atoms with van der Waals surface area (Å²) in [5.41, 5.74) is 0. The molecule has 2 aliphatic rings. The maximum Gasteiger partial charge on any atom is 0.306 e. The lowest BCUT2D eigenvalue weighted by Crippen LogP contribution is -2.35. The highest BCUT2D eigenvalue weighted by Gasteiger charge is 2.51. The Morgan fingerprint density at radius 1 is 0.792 bits per heavy atom. The number of esters is 2. The van der Waals surface area contributed by atoms with Crippen molar-refractivity contribution in [2.75, 3.05) is 13.2 Å². The molecule has 0 saturated carbocycles. The number of hydrogen-bond acceptors (Lipinski definition) is 6. The van der Waals surface area contributed by atoms with Gasteiger partial charge in [-0.2, -0.15) is 0 Å². The number of unbranched alkanes of at least 4 members (excludes halogenated alkanes) is 4. The Morgan fingerprint density at radius 3 is 1.58 bits per heavy atom. The van der Waals surface area contributed by atoms with Gasteiger partial charge in [0.05, 0.1) is 13.2 Å². The van der Waals surface area contributed by atoms with E-state index in [2.05, 4.69) is 13.8 Å². The standard InChI is InChI=1S/C18H30O6/c1-3-5-7-9-15(19)23-13-11-21-18-14(12-22-17(13)18)24-16(20)10-8-6-4-2/h13-14,17-18H,3-12H2,1-2H3/t13-,14+,17-,18-/m1/s1. The highest BCUT2D eigenvalue weighted by Crippen LogP contribution is 2.31. The Bertz CT molecular complexity index is 372. The van der Waals surface area contributed by atoms with Crippen molar-refractivity contribution in [1.82, 2.24) is 0 Å². The van der Waals surface area contributed by atoms with Gasteiger partial charge in [-0.05, 0) is 12.8 Å². The van der Waals surface area contributed by atoms with Crippen molar-refractivity contribution in [1.29, 1.82) is 0 Å². The number of rotatable bonds is 10. The smallest absolute Gasteiger partial charge is 0.306 e. The third kappa shape index (κ3) is 5.45. The Balaban J connectivity index is 1.73. The molecule has 0 aliphatic carbocycles. The Morgan fingerprint density at radius 2 is 1.21 bits per heavy atom. The van der Waals surface area contributed by atoms with Crippen LogP contribution in [0.1, 0.15) is 65.2 Å². The lowest BCUT2D eigenvalue weighted by Gasteiger charge is -2.17. The molecule has 6 nitrogen and oxygen atoms in total. The zero-order chi connectivity index (χ0) is 17.4. The van der Waals surface area contributed by atoms with Crippen LogP contribution in [-0.2, 0) is 28.5 Å². The molecule has 2 aliphatic heterocycles. The quantitative estimate of drug-likeness (QED) is 0.449. The lowest BCUT2D eigenvalue weighted by atomic mass is 10.1. The van der Waals surface area contributed by atoms with Gasteiger partial charge in [-0.3, -0.25) is 9.59 Å². The van der Waals surface area contributed by atoms with Crippen LogP contribution in [0.2, 0.25) is 0 Å². The van der Waals surface area contributed by atoms with Crippen molar-refractivity contribution < 1.29 is 28.5 Å². The molecule has 4 atom stereocenters. The van der Waals surface area contributed by atoms with Crippen LogP contribution in [0.5, 0.6) is 0 Å². The third-order valence-electron chi connectivity index (χ3n) is 4.50. The molecular weight excluding hydrogens is 312 g/mol. The summed E-state index contributed by atoms with van der Waals surface area (Å²) in [4.78, 5) is 23.7. The van der Waals surface area contributed by atoms with E-state index >= 15 is 0 Å². The van der Waals surface area contributed by atoms with Crippen molar-refractivity contribution >= 4 is 11.9 Å². The van der Waals surface area contributed by atoms with Gasteiger partial charge in [0.1, 0.15) is 12.2 Å². The summed E-state index contributed by atoms with van der Waals surface area (Å²) in [6, 6.07) is 0. The minimum atomic E-state index is -0.395. The largest absolute Gasteiger partial charge is 0.457 e. The van der Waals surface area contributed by atoms with Crippen LogP contribution in [0, 0.1) is 0 Å². The molecule has 2 heterocycles. The Hall–Kier alpha value is -1.14. The van der Waals surface area contributed by atoms with E-state index < -0.39 is 12.2 Å². The Kier molecular flexibility index (Phi) is 7.99. The summed E-state index contributed by atoms with van der Waals surface area (Å²) in [7, 11) is 0. The van der Waals surface area contributed by atoms with E-state index in [9.17, 15) is 9.59 Å². The van der Waals surface area contributed by atoms with Gasteiger partial charge in [0.25, 0.3) is 0 Å². The van der Waals surface area contributed by atoms with Gasteiger partial charge >= 0.3 is 11.9 Å². The highest BCUT2D eigenvalue weighted by atomic mass is 16.7. The first-order valence-corrected chi connectivity index (χ1v) is 9.27. The molecule has 2 rings (SSSR count). The maximum atomic E-state index is 11.8. The summed E-state index contributed by atoms with van der Waals surface area (Å²) in [5.74, 6) is -0.414. The minimum Gasteiger partial charge on any atom is -0.457 e. The van der Waals surface area contributed by atoms with Crippen molar-refractivity contribution in [3.05, 3.63) is 0 Å². The second kappa shape index (κ2) is 9.99. The number of hydrogen-bond donors (Lipinski definition) is 0. The lowest BCUT2D eigenvalue weighted by molar-refractivity contribution is -0.155. The van der Waals surface area contributed by atoms with Crippen molar-refractivity contribution in [2.45, 2.75) is 89.6 Å². The van der Waals surface area contributed by atoms with Crippen LogP contribution in [0.15, 0.2) is 0 Å². The van der Waals surface area contributed by atoms with E-state index in [0.29, 0.717) is 26.1 Å². The van der Waals surface area contributed by atoms with E-state index in [1.165, 1.54) is 0 Å². The SMILES string of the molecule is CCCCCC(=O)O[C@H]1CO[C@H]2[C@@H]1OC[C@H]2OC(=O)CCCCC. The predicted molar refractivity (Wildman–Crippen MR) is 87.5 cm³/mol. The topological polar surface area (TPSA) is 71.1 Å². The van der Waals surface area contributed by atoms with Crippen LogP contribution in [0.25, 0.3) is 0 Å². The van der Waals surface area contributed by atoms with E-state index in [4.69, 9.17) is 18.9 Å². The van der Waals surface area contributed by atoms with E-state index in [1.54, 1.807) is 0 Å². The molecule has 0 spiro atoms. The Labute approximate surface area is 144 Å². The molecule has 2 fully saturated rings. The molecule has 0 amide bonds. The van der Waals surface area contributed by atoms with Gasteiger partial charge in [0.2, 0.25) is 0 Å². The van der Waals surface area contributed by atoms with Gasteiger partial charge in [0, 0.05) is 12.8 Å². The molecule has 138 valence electrons. The van der Waals surface area contributed by atoms with E-state index in [1.807, 2.05) is 0 Å². The number of ether oxygens (including phenoxy) is 4. The fourth-order valence-corrected chi connectivity index (χ4v) is 3.13. The fraction of sp³-hybridized carbons (Fsp3) is 0.889. The monoisotopic (exact) mass is 342 g/mol. The first-order chi connectivity index (χ1) is 11.7. The zero-order valence-corrected chi connectivity index (χ0v) is 14.8. The van der Waals surface area contributed by atoms with Crippen LogP contribution >= 0.6 is 0 Å². The summed E-state index contributed by atoms with van der Waals surface area (Å²) in [5, 5.41) is 0. The molecule has 0 unspecified atom stereocenters.